The molecule has 0 atom stereocenters. The molecule has 0 aliphatic carbocycles. The van der Waals surface area contributed by atoms with Gasteiger partial charge in [-0.3, -0.25) is 24.1 Å². The molecule has 130 valence electrons. The summed E-state index contributed by atoms with van der Waals surface area (Å²) in [5, 5.41) is 5.47. The molecule has 4 amide bonds. The Hall–Kier alpha value is -3.48. The van der Waals surface area contributed by atoms with Gasteiger partial charge in [-0.1, -0.05) is 12.1 Å². The Bertz CT molecular complexity index is 932. The summed E-state index contributed by atoms with van der Waals surface area (Å²) in [6.45, 7) is -0.347. The summed E-state index contributed by atoms with van der Waals surface area (Å²) in [5.74, 6) is -1.41. The van der Waals surface area contributed by atoms with Crippen LogP contribution in [-0.4, -0.2) is 35.1 Å². The van der Waals surface area contributed by atoms with Gasteiger partial charge in [-0.25, -0.2) is 0 Å². The van der Waals surface area contributed by atoms with Gasteiger partial charge in [0.25, 0.3) is 11.8 Å². The van der Waals surface area contributed by atoms with Gasteiger partial charge < -0.3 is 10.6 Å². The molecule has 4 rings (SSSR count). The first-order chi connectivity index (χ1) is 12.5. The summed E-state index contributed by atoms with van der Waals surface area (Å²) >= 11 is 0. The summed E-state index contributed by atoms with van der Waals surface area (Å²) in [6.07, 6.45) is 1.00. The molecule has 7 heteroatoms. The van der Waals surface area contributed by atoms with Gasteiger partial charge in [-0.15, -0.1) is 0 Å². The van der Waals surface area contributed by atoms with Crippen molar-refractivity contribution in [3.05, 3.63) is 59.2 Å². The molecule has 0 radical (unpaired) electrons. The van der Waals surface area contributed by atoms with Crippen LogP contribution in [-0.2, 0) is 16.0 Å². The molecule has 2 aliphatic rings. The zero-order valence-electron chi connectivity index (χ0n) is 13.7. The summed E-state index contributed by atoms with van der Waals surface area (Å²) in [6, 6.07) is 11.7. The van der Waals surface area contributed by atoms with Crippen molar-refractivity contribution in [2.45, 2.75) is 12.8 Å². The van der Waals surface area contributed by atoms with Gasteiger partial charge in [0.05, 0.1) is 11.1 Å². The van der Waals surface area contributed by atoms with Crippen molar-refractivity contribution in [3.63, 3.8) is 0 Å². The Morgan fingerprint density at radius 2 is 1.69 bits per heavy atom. The molecule has 0 fully saturated rings. The molecule has 2 aromatic rings. The van der Waals surface area contributed by atoms with E-state index in [1.54, 1.807) is 42.5 Å². The molecule has 0 saturated carbocycles. The van der Waals surface area contributed by atoms with E-state index in [-0.39, 0.29) is 12.5 Å². The van der Waals surface area contributed by atoms with Crippen molar-refractivity contribution in [2.75, 3.05) is 17.2 Å². The number of carbonyl (C=O) groups is 4. The lowest BCUT2D eigenvalue weighted by atomic mass is 10.0. The summed E-state index contributed by atoms with van der Waals surface area (Å²) < 4.78 is 0. The molecule has 7 nitrogen and oxygen atoms in total. The Morgan fingerprint density at radius 3 is 2.38 bits per heavy atom. The van der Waals surface area contributed by atoms with Crippen molar-refractivity contribution in [2.24, 2.45) is 0 Å². The molecule has 2 N–H and O–H groups in total. The number of anilines is 2. The van der Waals surface area contributed by atoms with E-state index < -0.39 is 17.7 Å². The Balaban J connectivity index is 1.46. The van der Waals surface area contributed by atoms with Crippen LogP contribution in [0.5, 0.6) is 0 Å². The lowest BCUT2D eigenvalue weighted by Crippen LogP contribution is -2.37. The molecule has 2 heterocycles. The summed E-state index contributed by atoms with van der Waals surface area (Å²) in [5.41, 5.74) is 2.86. The third kappa shape index (κ3) is 2.73. The number of nitrogens with zero attached hydrogens (tertiary/aromatic N) is 1. The maximum absolute atomic E-state index is 12.3. The highest BCUT2D eigenvalue weighted by molar-refractivity contribution is 6.22. The first kappa shape index (κ1) is 16.0. The third-order valence-electron chi connectivity index (χ3n) is 4.46. The van der Waals surface area contributed by atoms with E-state index >= 15 is 0 Å². The molecule has 0 aromatic heterocycles. The minimum atomic E-state index is -0.464. The van der Waals surface area contributed by atoms with E-state index in [9.17, 15) is 19.2 Å². The van der Waals surface area contributed by atoms with Crippen molar-refractivity contribution in [1.82, 2.24) is 4.90 Å². The van der Waals surface area contributed by atoms with Crippen molar-refractivity contribution >= 4 is 35.0 Å². The van der Waals surface area contributed by atoms with Gasteiger partial charge in [-0.2, -0.15) is 0 Å². The van der Waals surface area contributed by atoms with Crippen LogP contribution in [0, 0.1) is 0 Å². The highest BCUT2D eigenvalue weighted by Gasteiger charge is 2.36. The quantitative estimate of drug-likeness (QED) is 0.826. The molecule has 2 aliphatic heterocycles. The van der Waals surface area contributed by atoms with Crippen molar-refractivity contribution in [1.29, 1.82) is 0 Å². The van der Waals surface area contributed by atoms with Crippen LogP contribution in [0.25, 0.3) is 0 Å². The highest BCUT2D eigenvalue weighted by Crippen LogP contribution is 2.26. The first-order valence-electron chi connectivity index (χ1n) is 8.21. The summed E-state index contributed by atoms with van der Waals surface area (Å²) in [4.78, 5) is 49.2. The minimum absolute atomic E-state index is 0.0279. The SMILES string of the molecule is O=C(CN1C(=O)c2ccccc2C1=O)Nc1ccc2c(c1)CCC(=O)N2. The van der Waals surface area contributed by atoms with Crippen molar-refractivity contribution < 1.29 is 19.2 Å². The van der Waals surface area contributed by atoms with Gasteiger partial charge >= 0.3 is 0 Å². The number of rotatable bonds is 3. The topological polar surface area (TPSA) is 95.6 Å². The second kappa shape index (κ2) is 6.11. The average molecular weight is 349 g/mol. The Labute approximate surface area is 149 Å². The molecule has 26 heavy (non-hydrogen) atoms. The Morgan fingerprint density at radius 1 is 1.00 bits per heavy atom. The normalized spacial score (nSPS) is 15.4. The van der Waals surface area contributed by atoms with Crippen LogP contribution >= 0.6 is 0 Å². The fourth-order valence-electron chi connectivity index (χ4n) is 3.19. The number of aryl methyl sites for hydroxylation is 1. The second-order valence-corrected chi connectivity index (χ2v) is 6.21. The van der Waals surface area contributed by atoms with Gasteiger partial charge in [0.2, 0.25) is 11.8 Å². The van der Waals surface area contributed by atoms with Crippen LogP contribution in [0.15, 0.2) is 42.5 Å². The molecule has 0 saturated heterocycles. The highest BCUT2D eigenvalue weighted by atomic mass is 16.2. The van der Waals surface area contributed by atoms with Gasteiger partial charge in [0.1, 0.15) is 6.54 Å². The van der Waals surface area contributed by atoms with Crippen LogP contribution in [0.2, 0.25) is 0 Å². The van der Waals surface area contributed by atoms with Crippen LogP contribution in [0.3, 0.4) is 0 Å². The number of carbonyl (C=O) groups excluding carboxylic acids is 4. The Kier molecular flexibility index (Phi) is 3.76. The van der Waals surface area contributed by atoms with Crippen LogP contribution in [0.1, 0.15) is 32.7 Å². The number of hydrogen-bond acceptors (Lipinski definition) is 4. The van der Waals surface area contributed by atoms with Crippen LogP contribution < -0.4 is 10.6 Å². The number of hydrogen-bond donors (Lipinski definition) is 2. The van der Waals surface area contributed by atoms with Gasteiger partial charge in [-0.05, 0) is 42.3 Å². The number of imide groups is 1. The maximum atomic E-state index is 12.3. The van der Waals surface area contributed by atoms with Crippen molar-refractivity contribution in [3.8, 4) is 0 Å². The monoisotopic (exact) mass is 349 g/mol. The summed E-state index contributed by atoms with van der Waals surface area (Å²) in [7, 11) is 0. The zero-order valence-corrected chi connectivity index (χ0v) is 13.7. The lowest BCUT2D eigenvalue weighted by molar-refractivity contribution is -0.117. The molecular formula is C19H15N3O4. The lowest BCUT2D eigenvalue weighted by Gasteiger charge is -2.18. The van der Waals surface area contributed by atoms with E-state index in [1.807, 2.05) is 0 Å². The molecule has 0 unspecified atom stereocenters. The number of benzene rings is 2. The predicted octanol–water partition coefficient (Wildman–Crippen LogP) is 1.81. The fraction of sp³-hybridized carbons (Fsp3) is 0.158. The minimum Gasteiger partial charge on any atom is -0.326 e. The second-order valence-electron chi connectivity index (χ2n) is 6.21. The van der Waals surface area contributed by atoms with E-state index in [4.69, 9.17) is 0 Å². The maximum Gasteiger partial charge on any atom is 0.262 e. The van der Waals surface area contributed by atoms with E-state index in [0.29, 0.717) is 29.7 Å². The number of amides is 4. The van der Waals surface area contributed by atoms with E-state index in [1.165, 1.54) is 0 Å². The number of fused-ring (bicyclic) bond motifs is 2. The van der Waals surface area contributed by atoms with Crippen LogP contribution in [0.4, 0.5) is 11.4 Å². The van der Waals surface area contributed by atoms with Gasteiger partial charge in [0, 0.05) is 17.8 Å². The molecule has 0 spiro atoms. The molecular weight excluding hydrogens is 334 g/mol. The van der Waals surface area contributed by atoms with E-state index in [2.05, 4.69) is 10.6 Å². The fourth-order valence-corrected chi connectivity index (χ4v) is 3.19. The average Bonchev–Trinajstić information content (AvgIpc) is 2.87. The zero-order chi connectivity index (χ0) is 18.3. The molecule has 2 aromatic carbocycles. The van der Waals surface area contributed by atoms with Gasteiger partial charge in [0.15, 0.2) is 0 Å². The predicted molar refractivity (Wildman–Crippen MR) is 93.8 cm³/mol. The third-order valence-corrected chi connectivity index (χ3v) is 4.46. The van der Waals surface area contributed by atoms with E-state index in [0.717, 1.165) is 16.2 Å². The standard InChI is InChI=1S/C19H15N3O4/c23-16-8-5-11-9-12(6-7-15(11)21-16)20-17(24)10-22-18(25)13-3-1-2-4-14(13)19(22)26/h1-4,6-7,9H,5,8,10H2,(H,20,24)(H,21,23). The largest absolute Gasteiger partial charge is 0.326 e. The first-order valence-corrected chi connectivity index (χ1v) is 8.21. The smallest absolute Gasteiger partial charge is 0.262 e. The molecule has 0 bridgehead atoms. The number of nitrogens with one attached hydrogen (secondary N) is 2.